The summed E-state index contributed by atoms with van der Waals surface area (Å²) >= 11 is 5.41. The maximum atomic E-state index is 5.41. The molecular formula is C5H4ClN2. The lowest BCUT2D eigenvalue weighted by Crippen LogP contribution is -1.80. The Bertz CT molecular complexity index is 149. The molecule has 0 bridgehead atoms. The summed E-state index contributed by atoms with van der Waals surface area (Å²) in [5.41, 5.74) is 0.634. The van der Waals surface area contributed by atoms with Gasteiger partial charge in [0.15, 0.2) is 0 Å². The average molecular weight is 128 g/mol. The molecule has 0 saturated heterocycles. The summed E-state index contributed by atoms with van der Waals surface area (Å²) in [5, 5.41) is 0.400. The molecule has 0 aliphatic heterocycles. The lowest BCUT2D eigenvalue weighted by Gasteiger charge is -1.86. The zero-order valence-corrected chi connectivity index (χ0v) is 4.89. The number of hydrogen-bond donors (Lipinski definition) is 0. The fourth-order valence-corrected chi connectivity index (χ4v) is 0.437. The third-order valence-electron chi connectivity index (χ3n) is 0.674. The topological polar surface area (TPSA) is 25.8 Å². The van der Waals surface area contributed by atoms with Crippen LogP contribution in [0, 0.1) is 6.92 Å². The quantitative estimate of drug-likeness (QED) is 0.525. The molecule has 0 fully saturated rings. The van der Waals surface area contributed by atoms with Gasteiger partial charge in [-0.2, -0.15) is 0 Å². The van der Waals surface area contributed by atoms with Crippen LogP contribution in [0.4, 0.5) is 0 Å². The molecule has 0 saturated carbocycles. The molecule has 8 heavy (non-hydrogen) atoms. The van der Waals surface area contributed by atoms with Crippen molar-refractivity contribution in [2.45, 2.75) is 0 Å². The van der Waals surface area contributed by atoms with Crippen LogP contribution in [0.5, 0.6) is 0 Å². The molecule has 1 aromatic heterocycles. The molecule has 0 spiro atoms. The minimum absolute atomic E-state index is 0.400. The van der Waals surface area contributed by atoms with Crippen molar-refractivity contribution >= 4 is 11.6 Å². The molecule has 41 valence electrons. The fourth-order valence-electron chi connectivity index (χ4n) is 0.339. The van der Waals surface area contributed by atoms with Crippen LogP contribution in [-0.2, 0) is 0 Å². The molecule has 2 nitrogen and oxygen atoms in total. The standard InChI is InChI=1S/C5H4ClN2/c1-4-2-8-5(6)3-7-4/h2-3H,1H2. The third-order valence-corrected chi connectivity index (χ3v) is 0.869. The highest BCUT2D eigenvalue weighted by Crippen LogP contribution is 1.98. The Morgan fingerprint density at radius 1 is 1.38 bits per heavy atom. The van der Waals surface area contributed by atoms with E-state index in [4.69, 9.17) is 11.6 Å². The molecule has 0 N–H and O–H groups in total. The lowest BCUT2D eigenvalue weighted by molar-refractivity contribution is 1.16. The van der Waals surface area contributed by atoms with Crippen molar-refractivity contribution in [1.82, 2.24) is 9.97 Å². The second-order valence-electron chi connectivity index (χ2n) is 1.33. The highest BCUT2D eigenvalue weighted by molar-refractivity contribution is 6.29. The zero-order valence-electron chi connectivity index (χ0n) is 4.13. The average Bonchev–Trinajstić information content (AvgIpc) is 1.77. The minimum atomic E-state index is 0.400. The van der Waals surface area contributed by atoms with Gasteiger partial charge >= 0.3 is 0 Å². The van der Waals surface area contributed by atoms with Gasteiger partial charge in [-0.3, -0.25) is 4.98 Å². The molecule has 1 rings (SSSR count). The van der Waals surface area contributed by atoms with E-state index in [1.807, 2.05) is 0 Å². The maximum Gasteiger partial charge on any atom is 0.147 e. The van der Waals surface area contributed by atoms with Crippen LogP contribution < -0.4 is 0 Å². The first kappa shape index (κ1) is 5.51. The lowest BCUT2D eigenvalue weighted by atomic mass is 10.5. The molecular weight excluding hydrogens is 124 g/mol. The van der Waals surface area contributed by atoms with Crippen LogP contribution in [0.2, 0.25) is 5.15 Å². The van der Waals surface area contributed by atoms with E-state index in [9.17, 15) is 0 Å². The van der Waals surface area contributed by atoms with Crippen LogP contribution in [0.25, 0.3) is 0 Å². The minimum Gasteiger partial charge on any atom is -0.256 e. The predicted octanol–water partition coefficient (Wildman–Crippen LogP) is 1.31. The molecule has 0 aromatic carbocycles. The van der Waals surface area contributed by atoms with Crippen molar-refractivity contribution in [2.24, 2.45) is 0 Å². The molecule has 0 aliphatic rings. The van der Waals surface area contributed by atoms with Crippen molar-refractivity contribution in [3.8, 4) is 0 Å². The van der Waals surface area contributed by atoms with Crippen molar-refractivity contribution < 1.29 is 0 Å². The van der Waals surface area contributed by atoms with E-state index in [0.717, 1.165) is 0 Å². The van der Waals surface area contributed by atoms with Crippen molar-refractivity contribution in [3.05, 3.63) is 30.2 Å². The molecule has 0 aliphatic carbocycles. The van der Waals surface area contributed by atoms with Crippen LogP contribution in [0.1, 0.15) is 5.69 Å². The van der Waals surface area contributed by atoms with Crippen LogP contribution in [0.3, 0.4) is 0 Å². The third kappa shape index (κ3) is 1.17. The van der Waals surface area contributed by atoms with Gasteiger partial charge in [0.1, 0.15) is 5.15 Å². The Morgan fingerprint density at radius 2 is 2.12 bits per heavy atom. The van der Waals surface area contributed by atoms with Gasteiger partial charge in [0.25, 0.3) is 0 Å². The Balaban J connectivity index is 3.03. The van der Waals surface area contributed by atoms with E-state index in [2.05, 4.69) is 16.9 Å². The molecule has 3 heteroatoms. The van der Waals surface area contributed by atoms with Gasteiger partial charge < -0.3 is 0 Å². The Morgan fingerprint density at radius 3 is 2.50 bits per heavy atom. The summed E-state index contributed by atoms with van der Waals surface area (Å²) in [6, 6.07) is 0. The second kappa shape index (κ2) is 2.09. The highest BCUT2D eigenvalue weighted by Gasteiger charge is 1.84. The number of rotatable bonds is 0. The summed E-state index contributed by atoms with van der Waals surface area (Å²) in [7, 11) is 0. The van der Waals surface area contributed by atoms with Gasteiger partial charge in [-0.15, -0.1) is 0 Å². The normalized spacial score (nSPS) is 9.25. The largest absolute Gasteiger partial charge is 0.256 e. The van der Waals surface area contributed by atoms with E-state index >= 15 is 0 Å². The van der Waals surface area contributed by atoms with E-state index in [1.165, 1.54) is 12.4 Å². The highest BCUT2D eigenvalue weighted by atomic mass is 35.5. The molecule has 0 atom stereocenters. The van der Waals surface area contributed by atoms with Crippen molar-refractivity contribution in [1.29, 1.82) is 0 Å². The molecule has 1 aromatic rings. The SMILES string of the molecule is [CH2]c1cnc(Cl)cn1. The van der Waals surface area contributed by atoms with Gasteiger partial charge in [-0.05, 0) is 6.92 Å². The first-order valence-corrected chi connectivity index (χ1v) is 2.46. The first-order chi connectivity index (χ1) is 3.79. The molecule has 1 heterocycles. The van der Waals surface area contributed by atoms with E-state index in [1.54, 1.807) is 0 Å². The van der Waals surface area contributed by atoms with Crippen LogP contribution in [0.15, 0.2) is 12.4 Å². The van der Waals surface area contributed by atoms with E-state index in [-0.39, 0.29) is 0 Å². The Kier molecular flexibility index (Phi) is 1.44. The summed E-state index contributed by atoms with van der Waals surface area (Å²) in [5.74, 6) is 0. The monoisotopic (exact) mass is 127 g/mol. The van der Waals surface area contributed by atoms with Gasteiger partial charge in [-0.25, -0.2) is 4.98 Å². The zero-order chi connectivity index (χ0) is 5.98. The summed E-state index contributed by atoms with van der Waals surface area (Å²) in [6.45, 7) is 3.53. The number of hydrogen-bond acceptors (Lipinski definition) is 2. The number of aromatic nitrogens is 2. The predicted molar refractivity (Wildman–Crippen MR) is 31.5 cm³/mol. The second-order valence-corrected chi connectivity index (χ2v) is 1.72. The van der Waals surface area contributed by atoms with Gasteiger partial charge in [0.05, 0.1) is 18.1 Å². The Labute approximate surface area is 52.5 Å². The Hall–Kier alpha value is -0.630. The number of nitrogens with zero attached hydrogens (tertiary/aromatic N) is 2. The van der Waals surface area contributed by atoms with Gasteiger partial charge in [0.2, 0.25) is 0 Å². The smallest absolute Gasteiger partial charge is 0.147 e. The molecule has 1 radical (unpaired) electrons. The fraction of sp³-hybridized carbons (Fsp3) is 0. The van der Waals surface area contributed by atoms with Crippen LogP contribution in [-0.4, -0.2) is 9.97 Å². The first-order valence-electron chi connectivity index (χ1n) is 2.08. The van der Waals surface area contributed by atoms with Gasteiger partial charge in [0, 0.05) is 0 Å². The molecule has 0 amide bonds. The van der Waals surface area contributed by atoms with Crippen LogP contribution >= 0.6 is 11.6 Å². The van der Waals surface area contributed by atoms with Crippen molar-refractivity contribution in [3.63, 3.8) is 0 Å². The molecule has 0 unspecified atom stereocenters. The summed E-state index contributed by atoms with van der Waals surface area (Å²) < 4.78 is 0. The van der Waals surface area contributed by atoms with Gasteiger partial charge in [-0.1, -0.05) is 11.6 Å². The summed E-state index contributed by atoms with van der Waals surface area (Å²) in [6.07, 6.45) is 2.98. The van der Waals surface area contributed by atoms with Crippen molar-refractivity contribution in [2.75, 3.05) is 0 Å². The van der Waals surface area contributed by atoms with E-state index < -0.39 is 0 Å². The summed E-state index contributed by atoms with van der Waals surface area (Å²) in [4.78, 5) is 7.49. The maximum absolute atomic E-state index is 5.41. The van der Waals surface area contributed by atoms with E-state index in [0.29, 0.717) is 10.8 Å². The number of halogens is 1.